The second-order valence-corrected chi connectivity index (χ2v) is 8.07. The molecule has 0 radical (unpaired) electrons. The number of nitrogens with one attached hydrogen (secondary N) is 2. The van der Waals surface area contributed by atoms with Crippen molar-refractivity contribution in [3.05, 3.63) is 46.5 Å². The largest absolute Gasteiger partial charge is 0.454 e. The maximum atomic E-state index is 5.75. The van der Waals surface area contributed by atoms with Crippen LogP contribution in [-0.4, -0.2) is 54.0 Å². The second-order valence-electron chi connectivity index (χ2n) is 8.07. The van der Waals surface area contributed by atoms with Gasteiger partial charge in [0.1, 0.15) is 0 Å². The summed E-state index contributed by atoms with van der Waals surface area (Å²) in [5.41, 5.74) is 4.96. The number of hydrogen-bond donors (Lipinski definition) is 2. The summed E-state index contributed by atoms with van der Waals surface area (Å²) < 4.78 is 33.3. The molecule has 0 saturated heterocycles. The van der Waals surface area contributed by atoms with Crippen molar-refractivity contribution in [3.63, 3.8) is 0 Å². The number of fused-ring (bicyclic) bond motifs is 6. The maximum absolute atomic E-state index is 5.75. The normalized spacial score (nSPS) is 21.9. The molecule has 0 aliphatic carbocycles. The van der Waals surface area contributed by atoms with E-state index in [0.717, 1.165) is 62.1 Å². The van der Waals surface area contributed by atoms with Crippen molar-refractivity contribution < 1.29 is 28.4 Å². The molecule has 0 aromatic heterocycles. The molecule has 6 rings (SSSR count). The zero-order valence-electron chi connectivity index (χ0n) is 18.6. The van der Waals surface area contributed by atoms with Gasteiger partial charge in [-0.05, 0) is 50.2 Å². The van der Waals surface area contributed by atoms with Crippen molar-refractivity contribution in [3.8, 4) is 23.0 Å². The molecule has 4 heterocycles. The lowest BCUT2D eigenvalue weighted by Crippen LogP contribution is -2.25. The predicted molar refractivity (Wildman–Crippen MR) is 118 cm³/mol. The molecule has 32 heavy (non-hydrogen) atoms. The first-order chi connectivity index (χ1) is 15.8. The summed E-state index contributed by atoms with van der Waals surface area (Å²) in [7, 11) is 3.87. The van der Waals surface area contributed by atoms with Gasteiger partial charge in [0.25, 0.3) is 0 Å². The molecular formula is C24H30N2O6. The van der Waals surface area contributed by atoms with Gasteiger partial charge in [-0.1, -0.05) is 12.1 Å². The molecule has 2 N–H and O–H groups in total. The Morgan fingerprint density at radius 2 is 1.16 bits per heavy atom. The van der Waals surface area contributed by atoms with E-state index in [1.165, 1.54) is 22.3 Å². The molecule has 0 spiro atoms. The fourth-order valence-electron chi connectivity index (χ4n) is 4.70. The van der Waals surface area contributed by atoms with Crippen LogP contribution in [0.2, 0.25) is 0 Å². The monoisotopic (exact) mass is 442 g/mol. The van der Waals surface area contributed by atoms with E-state index in [-0.39, 0.29) is 12.2 Å². The lowest BCUT2D eigenvalue weighted by atomic mass is 9.96. The molecule has 172 valence electrons. The highest BCUT2D eigenvalue weighted by atomic mass is 16.7. The maximum Gasteiger partial charge on any atom is 0.231 e. The molecule has 0 amide bonds. The van der Waals surface area contributed by atoms with E-state index < -0.39 is 0 Å². The molecule has 2 aromatic carbocycles. The summed E-state index contributed by atoms with van der Waals surface area (Å²) in [6, 6.07) is 8.12. The summed E-state index contributed by atoms with van der Waals surface area (Å²) in [6.45, 7) is 3.82. The molecule has 2 aromatic rings. The Bertz CT molecular complexity index is 888. The van der Waals surface area contributed by atoms with Crippen LogP contribution in [-0.2, 0) is 22.3 Å². The highest BCUT2D eigenvalue weighted by molar-refractivity contribution is 5.54. The van der Waals surface area contributed by atoms with Crippen molar-refractivity contribution >= 4 is 0 Å². The van der Waals surface area contributed by atoms with E-state index in [1.807, 2.05) is 26.2 Å². The van der Waals surface area contributed by atoms with Gasteiger partial charge in [-0.2, -0.15) is 0 Å². The van der Waals surface area contributed by atoms with Crippen LogP contribution >= 0.6 is 0 Å². The Morgan fingerprint density at radius 3 is 1.59 bits per heavy atom. The van der Waals surface area contributed by atoms with Crippen LogP contribution in [0.15, 0.2) is 24.3 Å². The van der Waals surface area contributed by atoms with Crippen LogP contribution in [0.4, 0.5) is 0 Å². The number of benzene rings is 2. The van der Waals surface area contributed by atoms with Gasteiger partial charge in [0.15, 0.2) is 23.0 Å². The number of hydrogen-bond acceptors (Lipinski definition) is 8. The van der Waals surface area contributed by atoms with Crippen LogP contribution in [0.25, 0.3) is 0 Å². The smallest absolute Gasteiger partial charge is 0.231 e. The van der Waals surface area contributed by atoms with Crippen molar-refractivity contribution in [2.75, 3.05) is 54.0 Å². The third-order valence-electron chi connectivity index (χ3n) is 6.17. The Kier molecular flexibility index (Phi) is 6.36. The van der Waals surface area contributed by atoms with Crippen molar-refractivity contribution in [2.45, 2.75) is 25.0 Å². The van der Waals surface area contributed by atoms with E-state index in [2.05, 4.69) is 22.8 Å². The van der Waals surface area contributed by atoms with Crippen molar-refractivity contribution in [1.82, 2.24) is 10.6 Å². The third kappa shape index (κ3) is 3.99. The van der Waals surface area contributed by atoms with Crippen LogP contribution in [0.3, 0.4) is 0 Å². The average molecular weight is 443 g/mol. The molecule has 4 aliphatic rings. The molecule has 0 fully saturated rings. The summed E-state index contributed by atoms with van der Waals surface area (Å²) in [5.74, 6) is 3.57. The zero-order valence-corrected chi connectivity index (χ0v) is 18.6. The lowest BCUT2D eigenvalue weighted by Gasteiger charge is -2.26. The van der Waals surface area contributed by atoms with Gasteiger partial charge < -0.3 is 39.1 Å². The van der Waals surface area contributed by atoms with Gasteiger partial charge in [-0.15, -0.1) is 0 Å². The van der Waals surface area contributed by atoms with Crippen molar-refractivity contribution in [2.24, 2.45) is 0 Å². The number of likely N-dealkylation sites (N-methyl/N-ethyl adjacent to an activating group) is 2. The van der Waals surface area contributed by atoms with Crippen LogP contribution in [0, 0.1) is 0 Å². The van der Waals surface area contributed by atoms with E-state index >= 15 is 0 Å². The molecule has 8 heteroatoms. The molecular weight excluding hydrogens is 412 g/mol. The van der Waals surface area contributed by atoms with E-state index in [0.29, 0.717) is 13.6 Å². The summed E-state index contributed by atoms with van der Waals surface area (Å²) in [4.78, 5) is 0. The first-order valence-corrected chi connectivity index (χ1v) is 11.1. The molecule has 0 unspecified atom stereocenters. The van der Waals surface area contributed by atoms with Gasteiger partial charge in [0, 0.05) is 24.2 Å². The quantitative estimate of drug-likeness (QED) is 0.748. The Balaban J connectivity index is 0.000000135. The minimum atomic E-state index is 0.128. The topological polar surface area (TPSA) is 79.4 Å². The number of ether oxygens (including phenoxy) is 6. The lowest BCUT2D eigenvalue weighted by molar-refractivity contribution is 0.0429. The molecule has 0 saturated carbocycles. The summed E-state index contributed by atoms with van der Waals surface area (Å²) in [5, 5.41) is 6.30. The Labute approximate surface area is 188 Å². The Hall–Kier alpha value is -2.52. The van der Waals surface area contributed by atoms with Gasteiger partial charge in [-0.3, -0.25) is 0 Å². The first kappa shape index (κ1) is 21.3. The van der Waals surface area contributed by atoms with E-state index in [4.69, 9.17) is 28.4 Å². The number of rotatable bonds is 4. The summed E-state index contributed by atoms with van der Waals surface area (Å²) >= 11 is 0. The van der Waals surface area contributed by atoms with Gasteiger partial charge >= 0.3 is 0 Å². The standard InChI is InChI=1S/2C12H15NO3/c2*1-13-6-11-8-2-3-10-12(16-7-15-10)9(8)4-5-14-11/h2*2-3,11,13H,4-7H2,1H3/t2*11-/m10/s1. The van der Waals surface area contributed by atoms with Gasteiger partial charge in [0.2, 0.25) is 13.6 Å². The second kappa shape index (κ2) is 9.54. The van der Waals surface area contributed by atoms with Crippen molar-refractivity contribution in [1.29, 1.82) is 0 Å². The zero-order chi connectivity index (χ0) is 21.9. The minimum Gasteiger partial charge on any atom is -0.454 e. The molecule has 0 bridgehead atoms. The predicted octanol–water partition coefficient (Wildman–Crippen LogP) is 2.50. The Morgan fingerprint density at radius 1 is 0.688 bits per heavy atom. The van der Waals surface area contributed by atoms with Crippen LogP contribution in [0.1, 0.15) is 34.5 Å². The van der Waals surface area contributed by atoms with Gasteiger partial charge in [-0.25, -0.2) is 0 Å². The van der Waals surface area contributed by atoms with Gasteiger partial charge in [0.05, 0.1) is 25.4 Å². The van der Waals surface area contributed by atoms with E-state index in [9.17, 15) is 0 Å². The summed E-state index contributed by atoms with van der Waals surface area (Å²) in [6.07, 6.45) is 2.07. The fourth-order valence-corrected chi connectivity index (χ4v) is 4.70. The molecule has 2 atom stereocenters. The minimum absolute atomic E-state index is 0.128. The first-order valence-electron chi connectivity index (χ1n) is 11.1. The van der Waals surface area contributed by atoms with Crippen LogP contribution in [0.5, 0.6) is 23.0 Å². The van der Waals surface area contributed by atoms with Crippen LogP contribution < -0.4 is 29.6 Å². The molecule has 4 aliphatic heterocycles. The molecule has 8 nitrogen and oxygen atoms in total. The fraction of sp³-hybridized carbons (Fsp3) is 0.500. The average Bonchev–Trinajstić information content (AvgIpc) is 3.50. The highest BCUT2D eigenvalue weighted by Gasteiger charge is 2.29. The SMILES string of the molecule is CNC[C@@H]1OCCc2c1ccc1c2OCO1.CNC[C@H]1OCCc2c1ccc1c2OCO1. The highest BCUT2D eigenvalue weighted by Crippen LogP contribution is 2.43. The van der Waals surface area contributed by atoms with E-state index in [1.54, 1.807) is 0 Å². The third-order valence-corrected chi connectivity index (χ3v) is 6.17.